The van der Waals surface area contributed by atoms with E-state index in [4.69, 9.17) is 14.2 Å². The number of hydrogen-bond donors (Lipinski definition) is 0. The molecule has 0 bridgehead atoms. The largest absolute Gasteiger partial charge is 0.380 e. The third-order valence-corrected chi connectivity index (χ3v) is 2.30. The van der Waals surface area contributed by atoms with E-state index in [9.17, 15) is 0 Å². The molecule has 0 aromatic rings. The fourth-order valence-corrected chi connectivity index (χ4v) is 1.42. The highest BCUT2D eigenvalue weighted by Gasteiger charge is 2.43. The molecule has 0 saturated carbocycles. The van der Waals surface area contributed by atoms with E-state index < -0.39 is 0 Å². The van der Waals surface area contributed by atoms with Crippen LogP contribution in [0.15, 0.2) is 0 Å². The van der Waals surface area contributed by atoms with E-state index in [1.54, 1.807) is 0 Å². The molecule has 0 aromatic heterocycles. The quantitative estimate of drug-likeness (QED) is 0.564. The first-order valence-corrected chi connectivity index (χ1v) is 4.16. The summed E-state index contributed by atoms with van der Waals surface area (Å²) in [4.78, 5) is 0. The van der Waals surface area contributed by atoms with Crippen LogP contribution in [0.2, 0.25) is 0 Å². The van der Waals surface area contributed by atoms with Crippen molar-refractivity contribution in [3.05, 3.63) is 0 Å². The van der Waals surface area contributed by atoms with Crippen LogP contribution in [0.5, 0.6) is 0 Å². The minimum absolute atomic E-state index is 0.0289. The van der Waals surface area contributed by atoms with Gasteiger partial charge in [-0.1, -0.05) is 6.92 Å². The van der Waals surface area contributed by atoms with Crippen molar-refractivity contribution in [1.82, 2.24) is 0 Å². The van der Waals surface area contributed by atoms with E-state index >= 15 is 0 Å². The van der Waals surface area contributed by atoms with Gasteiger partial charge >= 0.3 is 0 Å². The average Bonchev–Trinajstić information content (AvgIpc) is 2.02. The van der Waals surface area contributed by atoms with E-state index in [0.717, 1.165) is 32.8 Å². The lowest BCUT2D eigenvalue weighted by Gasteiger charge is -2.45. The molecule has 0 unspecified atom stereocenters. The summed E-state index contributed by atoms with van der Waals surface area (Å²) in [5.74, 6) is 0. The van der Waals surface area contributed by atoms with Crippen molar-refractivity contribution >= 4 is 0 Å². The Kier molecular flexibility index (Phi) is 1.87. The maximum Gasteiger partial charge on any atom is 0.157 e. The third kappa shape index (κ3) is 1.28. The van der Waals surface area contributed by atoms with Gasteiger partial charge in [-0.2, -0.15) is 0 Å². The van der Waals surface area contributed by atoms with Gasteiger partial charge in [0.25, 0.3) is 0 Å². The lowest BCUT2D eigenvalue weighted by atomic mass is 9.87. The van der Waals surface area contributed by atoms with Crippen LogP contribution in [0.1, 0.15) is 13.3 Å². The first-order valence-electron chi connectivity index (χ1n) is 4.16. The van der Waals surface area contributed by atoms with Crippen molar-refractivity contribution in [3.63, 3.8) is 0 Å². The van der Waals surface area contributed by atoms with Crippen molar-refractivity contribution in [3.8, 4) is 0 Å². The molecule has 11 heavy (non-hydrogen) atoms. The van der Waals surface area contributed by atoms with E-state index in [1.165, 1.54) is 0 Å². The summed E-state index contributed by atoms with van der Waals surface area (Å²) in [6.07, 6.45) is 0.970. The smallest absolute Gasteiger partial charge is 0.157 e. The van der Waals surface area contributed by atoms with Crippen LogP contribution in [0, 0.1) is 5.41 Å². The van der Waals surface area contributed by atoms with Crippen molar-refractivity contribution < 1.29 is 14.2 Å². The van der Waals surface area contributed by atoms with Crippen LogP contribution in [-0.2, 0) is 14.2 Å². The molecule has 2 aliphatic rings. The van der Waals surface area contributed by atoms with Gasteiger partial charge in [0.2, 0.25) is 0 Å². The molecule has 0 aliphatic carbocycles. The van der Waals surface area contributed by atoms with E-state index in [2.05, 4.69) is 6.92 Å². The van der Waals surface area contributed by atoms with Crippen LogP contribution in [0.4, 0.5) is 0 Å². The molecule has 2 heterocycles. The molecule has 3 heteroatoms. The van der Waals surface area contributed by atoms with Gasteiger partial charge in [0.1, 0.15) is 0 Å². The maximum absolute atomic E-state index is 5.48. The SMILES string of the molecule is CCC1OCC2(COC2)CO1. The van der Waals surface area contributed by atoms with Crippen LogP contribution in [-0.4, -0.2) is 32.7 Å². The monoisotopic (exact) mass is 158 g/mol. The van der Waals surface area contributed by atoms with E-state index in [-0.39, 0.29) is 11.7 Å². The fraction of sp³-hybridized carbons (Fsp3) is 1.00. The highest BCUT2D eigenvalue weighted by molar-refractivity contribution is 4.87. The Balaban J connectivity index is 1.84. The predicted octanol–water partition coefficient (Wildman–Crippen LogP) is 0.786. The normalized spacial score (nSPS) is 30.3. The molecule has 1 spiro atoms. The minimum Gasteiger partial charge on any atom is -0.380 e. The van der Waals surface area contributed by atoms with Crippen LogP contribution in [0.3, 0.4) is 0 Å². The highest BCUT2D eigenvalue weighted by Crippen LogP contribution is 2.32. The molecule has 0 aromatic carbocycles. The van der Waals surface area contributed by atoms with E-state index in [0.29, 0.717) is 0 Å². The Morgan fingerprint density at radius 2 is 1.82 bits per heavy atom. The highest BCUT2D eigenvalue weighted by atomic mass is 16.7. The summed E-state index contributed by atoms with van der Waals surface area (Å²) in [7, 11) is 0. The molecule has 64 valence electrons. The molecule has 3 nitrogen and oxygen atoms in total. The summed E-state index contributed by atoms with van der Waals surface area (Å²) in [6, 6.07) is 0. The molecular weight excluding hydrogens is 144 g/mol. The standard InChI is InChI=1S/C8H14O3/c1-2-7-10-5-8(6-11-7)3-9-4-8/h7H,2-6H2,1H3. The molecule has 2 fully saturated rings. The van der Waals surface area contributed by atoms with Gasteiger partial charge in [0.15, 0.2) is 6.29 Å². The zero-order valence-corrected chi connectivity index (χ0v) is 6.84. The molecule has 2 saturated heterocycles. The number of ether oxygens (including phenoxy) is 3. The molecule has 0 amide bonds. The van der Waals surface area contributed by atoms with Crippen LogP contribution >= 0.6 is 0 Å². The van der Waals surface area contributed by atoms with Gasteiger partial charge in [0, 0.05) is 0 Å². The van der Waals surface area contributed by atoms with E-state index in [1.807, 2.05) is 0 Å². The Labute approximate surface area is 66.6 Å². The minimum atomic E-state index is 0.0289. The second-order valence-corrected chi connectivity index (χ2v) is 3.45. The zero-order valence-electron chi connectivity index (χ0n) is 6.84. The van der Waals surface area contributed by atoms with Gasteiger partial charge in [-0.3, -0.25) is 0 Å². The second kappa shape index (κ2) is 2.73. The number of rotatable bonds is 1. The Morgan fingerprint density at radius 3 is 2.18 bits per heavy atom. The van der Waals surface area contributed by atoms with Crippen molar-refractivity contribution in [2.75, 3.05) is 26.4 Å². The van der Waals surface area contributed by atoms with Crippen molar-refractivity contribution in [1.29, 1.82) is 0 Å². The lowest BCUT2D eigenvalue weighted by molar-refractivity contribution is -0.284. The average molecular weight is 158 g/mol. The van der Waals surface area contributed by atoms with Crippen molar-refractivity contribution in [2.24, 2.45) is 5.41 Å². The first-order chi connectivity index (χ1) is 5.35. The Hall–Kier alpha value is -0.120. The zero-order chi connectivity index (χ0) is 7.73. The number of hydrogen-bond acceptors (Lipinski definition) is 3. The summed E-state index contributed by atoms with van der Waals surface area (Å²) >= 11 is 0. The molecule has 0 radical (unpaired) electrons. The fourth-order valence-electron chi connectivity index (χ4n) is 1.42. The summed E-state index contributed by atoms with van der Waals surface area (Å²) in [5, 5.41) is 0. The topological polar surface area (TPSA) is 27.7 Å². The van der Waals surface area contributed by atoms with Crippen LogP contribution in [0.25, 0.3) is 0 Å². The molecule has 0 atom stereocenters. The molecule has 2 rings (SSSR count). The third-order valence-electron chi connectivity index (χ3n) is 2.30. The van der Waals surface area contributed by atoms with Gasteiger partial charge in [0.05, 0.1) is 31.8 Å². The Morgan fingerprint density at radius 1 is 1.18 bits per heavy atom. The van der Waals surface area contributed by atoms with Gasteiger partial charge in [-0.15, -0.1) is 0 Å². The predicted molar refractivity (Wildman–Crippen MR) is 39.2 cm³/mol. The van der Waals surface area contributed by atoms with Crippen molar-refractivity contribution in [2.45, 2.75) is 19.6 Å². The first kappa shape index (κ1) is 7.53. The van der Waals surface area contributed by atoms with Gasteiger partial charge in [-0.05, 0) is 6.42 Å². The summed E-state index contributed by atoms with van der Waals surface area (Å²) in [6.45, 7) is 5.31. The van der Waals surface area contributed by atoms with Gasteiger partial charge in [-0.25, -0.2) is 0 Å². The lowest BCUT2D eigenvalue weighted by Crippen LogP contribution is -2.54. The molecule has 2 aliphatic heterocycles. The Bertz CT molecular complexity index is 132. The summed E-state index contributed by atoms with van der Waals surface area (Å²) < 4.78 is 16.1. The van der Waals surface area contributed by atoms with Gasteiger partial charge < -0.3 is 14.2 Å². The molecular formula is C8H14O3. The maximum atomic E-state index is 5.48. The second-order valence-electron chi connectivity index (χ2n) is 3.45. The van der Waals surface area contributed by atoms with Crippen LogP contribution < -0.4 is 0 Å². The molecule has 0 N–H and O–H groups in total. The summed E-state index contributed by atoms with van der Waals surface area (Å²) in [5.41, 5.74) is 0.214.